The molecule has 0 atom stereocenters. The van der Waals surface area contributed by atoms with E-state index < -0.39 is 15.7 Å². The number of hydrogen-bond donors (Lipinski definition) is 0. The van der Waals surface area contributed by atoms with E-state index in [0.29, 0.717) is 5.56 Å². The predicted octanol–water partition coefficient (Wildman–Crippen LogP) is 2.15. The summed E-state index contributed by atoms with van der Waals surface area (Å²) in [6, 6.07) is 4.46. The second-order valence-electron chi connectivity index (χ2n) is 3.81. The number of hydrogen-bond acceptors (Lipinski definition) is 3. The van der Waals surface area contributed by atoms with E-state index in [2.05, 4.69) is 5.10 Å². The first-order valence-corrected chi connectivity index (χ1v) is 7.44. The molecule has 0 saturated heterocycles. The summed E-state index contributed by atoms with van der Waals surface area (Å²) in [5.41, 5.74) is 0.826. The van der Waals surface area contributed by atoms with E-state index in [0.717, 1.165) is 6.26 Å². The van der Waals surface area contributed by atoms with Gasteiger partial charge in [0.25, 0.3) is 0 Å². The van der Waals surface area contributed by atoms with Gasteiger partial charge in [-0.2, -0.15) is 5.10 Å². The van der Waals surface area contributed by atoms with Crippen LogP contribution in [0.25, 0.3) is 5.69 Å². The quantitative estimate of drug-likeness (QED) is 0.813. The van der Waals surface area contributed by atoms with Crippen LogP contribution in [0.15, 0.2) is 35.5 Å². The molecule has 18 heavy (non-hydrogen) atoms. The number of alkyl halides is 1. The molecular weight excluding hydrogens is 279 g/mol. The number of aromatic nitrogens is 2. The fourth-order valence-electron chi connectivity index (χ4n) is 1.45. The van der Waals surface area contributed by atoms with Crippen molar-refractivity contribution in [1.82, 2.24) is 9.78 Å². The first-order chi connectivity index (χ1) is 8.41. The maximum atomic E-state index is 13.8. The number of benzene rings is 1. The highest BCUT2D eigenvalue weighted by Crippen LogP contribution is 2.17. The van der Waals surface area contributed by atoms with Crippen molar-refractivity contribution >= 4 is 21.4 Å². The molecule has 2 rings (SSSR count). The molecule has 0 N–H and O–H groups in total. The fraction of sp³-hybridized carbons (Fsp3) is 0.182. The minimum Gasteiger partial charge on any atom is -0.237 e. The number of sulfone groups is 1. The van der Waals surface area contributed by atoms with Crippen LogP contribution < -0.4 is 0 Å². The van der Waals surface area contributed by atoms with Gasteiger partial charge in [-0.15, -0.1) is 11.6 Å². The fourth-order valence-corrected chi connectivity index (χ4v) is 2.15. The molecule has 7 heteroatoms. The highest BCUT2D eigenvalue weighted by atomic mass is 35.5. The minimum absolute atomic E-state index is 0.0447. The lowest BCUT2D eigenvalue weighted by atomic mass is 10.2. The van der Waals surface area contributed by atoms with Gasteiger partial charge in [0.2, 0.25) is 0 Å². The van der Waals surface area contributed by atoms with Gasteiger partial charge < -0.3 is 0 Å². The zero-order valence-corrected chi connectivity index (χ0v) is 11.0. The van der Waals surface area contributed by atoms with Gasteiger partial charge in [-0.3, -0.25) is 0 Å². The van der Waals surface area contributed by atoms with Crippen LogP contribution in [0.4, 0.5) is 4.39 Å². The SMILES string of the molecule is CS(=O)(=O)c1cnn(-c2ccc(CCl)cc2F)c1. The molecule has 0 bridgehead atoms. The average Bonchev–Trinajstić information content (AvgIpc) is 2.77. The van der Waals surface area contributed by atoms with E-state index in [4.69, 9.17) is 11.6 Å². The predicted molar refractivity (Wildman–Crippen MR) is 66.2 cm³/mol. The first-order valence-electron chi connectivity index (χ1n) is 5.01. The average molecular weight is 289 g/mol. The molecule has 0 aliphatic rings. The lowest BCUT2D eigenvalue weighted by molar-refractivity contribution is 0.601. The van der Waals surface area contributed by atoms with Gasteiger partial charge in [-0.25, -0.2) is 17.5 Å². The Bertz CT molecular complexity index is 682. The summed E-state index contributed by atoms with van der Waals surface area (Å²) in [6.45, 7) is 0. The molecule has 2 aromatic rings. The van der Waals surface area contributed by atoms with Crippen molar-refractivity contribution in [3.8, 4) is 5.69 Å². The third-order valence-electron chi connectivity index (χ3n) is 2.40. The molecule has 1 aromatic heterocycles. The molecule has 0 aliphatic heterocycles. The number of halogens is 2. The van der Waals surface area contributed by atoms with Gasteiger partial charge >= 0.3 is 0 Å². The first kappa shape index (κ1) is 13.0. The summed E-state index contributed by atoms with van der Waals surface area (Å²) in [7, 11) is -3.34. The topological polar surface area (TPSA) is 52.0 Å². The van der Waals surface area contributed by atoms with E-state index in [1.54, 1.807) is 6.07 Å². The summed E-state index contributed by atoms with van der Waals surface area (Å²) >= 11 is 5.59. The van der Waals surface area contributed by atoms with Crippen molar-refractivity contribution in [3.63, 3.8) is 0 Å². The smallest absolute Gasteiger partial charge is 0.178 e. The van der Waals surface area contributed by atoms with Gasteiger partial charge in [0.1, 0.15) is 16.4 Å². The van der Waals surface area contributed by atoms with E-state index in [-0.39, 0.29) is 16.5 Å². The van der Waals surface area contributed by atoms with Gasteiger partial charge in [0.05, 0.1) is 6.20 Å². The zero-order chi connectivity index (χ0) is 13.3. The summed E-state index contributed by atoms with van der Waals surface area (Å²) in [6.07, 6.45) is 3.53. The largest absolute Gasteiger partial charge is 0.237 e. The molecular formula is C11H10ClFN2O2S. The van der Waals surface area contributed by atoms with Crippen LogP contribution in [-0.2, 0) is 15.7 Å². The van der Waals surface area contributed by atoms with Crippen molar-refractivity contribution < 1.29 is 12.8 Å². The summed E-state index contributed by atoms with van der Waals surface area (Å²) < 4.78 is 37.5. The van der Waals surface area contributed by atoms with Gasteiger partial charge in [0, 0.05) is 18.3 Å². The van der Waals surface area contributed by atoms with E-state index in [1.807, 2.05) is 0 Å². The second kappa shape index (κ2) is 4.70. The monoisotopic (exact) mass is 288 g/mol. The van der Waals surface area contributed by atoms with Crippen LogP contribution in [-0.4, -0.2) is 24.5 Å². The molecule has 1 heterocycles. The van der Waals surface area contributed by atoms with Crippen molar-refractivity contribution in [3.05, 3.63) is 42.0 Å². The zero-order valence-electron chi connectivity index (χ0n) is 9.47. The number of nitrogens with zero attached hydrogens (tertiary/aromatic N) is 2. The lowest BCUT2D eigenvalue weighted by Gasteiger charge is -2.04. The maximum absolute atomic E-state index is 13.8. The van der Waals surface area contributed by atoms with Crippen LogP contribution in [0, 0.1) is 5.82 Å². The highest BCUT2D eigenvalue weighted by molar-refractivity contribution is 7.90. The van der Waals surface area contributed by atoms with Gasteiger partial charge in [0.15, 0.2) is 9.84 Å². The van der Waals surface area contributed by atoms with Crippen molar-refractivity contribution in [2.75, 3.05) is 6.26 Å². The Kier molecular flexibility index (Phi) is 3.41. The van der Waals surface area contributed by atoms with Crippen molar-refractivity contribution in [2.45, 2.75) is 10.8 Å². The molecule has 0 spiro atoms. The molecule has 96 valence electrons. The molecule has 4 nitrogen and oxygen atoms in total. The third-order valence-corrected chi connectivity index (χ3v) is 3.78. The lowest BCUT2D eigenvalue weighted by Crippen LogP contribution is -1.99. The van der Waals surface area contributed by atoms with E-state index in [1.165, 1.54) is 29.2 Å². The Hall–Kier alpha value is -1.40. The molecule has 0 fully saturated rings. The van der Waals surface area contributed by atoms with E-state index >= 15 is 0 Å². The maximum Gasteiger partial charge on any atom is 0.178 e. The molecule has 1 aromatic carbocycles. The Balaban J connectivity index is 2.47. The van der Waals surface area contributed by atoms with Gasteiger partial charge in [-0.1, -0.05) is 6.07 Å². The number of rotatable bonds is 3. The van der Waals surface area contributed by atoms with Gasteiger partial charge in [-0.05, 0) is 17.7 Å². The van der Waals surface area contributed by atoms with Crippen LogP contribution >= 0.6 is 11.6 Å². The molecule has 0 saturated carbocycles. The van der Waals surface area contributed by atoms with Crippen molar-refractivity contribution in [2.24, 2.45) is 0 Å². The second-order valence-corrected chi connectivity index (χ2v) is 6.10. The Morgan fingerprint density at radius 3 is 2.67 bits per heavy atom. The molecule has 0 aliphatic carbocycles. The Morgan fingerprint density at radius 1 is 1.44 bits per heavy atom. The van der Waals surface area contributed by atoms with E-state index in [9.17, 15) is 12.8 Å². The molecule has 0 radical (unpaired) electrons. The third kappa shape index (κ3) is 2.54. The molecule has 0 amide bonds. The standard InChI is InChI=1S/C11H10ClFN2O2S/c1-18(16,17)9-6-14-15(7-9)11-3-2-8(5-12)4-10(11)13/h2-4,6-7H,5H2,1H3. The summed E-state index contributed by atoms with van der Waals surface area (Å²) in [5, 5.41) is 3.83. The van der Waals surface area contributed by atoms with Crippen LogP contribution in [0.5, 0.6) is 0 Å². The van der Waals surface area contributed by atoms with Crippen molar-refractivity contribution in [1.29, 1.82) is 0 Å². The van der Waals surface area contributed by atoms with Crippen LogP contribution in [0.1, 0.15) is 5.56 Å². The highest BCUT2D eigenvalue weighted by Gasteiger charge is 2.12. The van der Waals surface area contributed by atoms with Crippen LogP contribution in [0.3, 0.4) is 0 Å². The summed E-state index contributed by atoms with van der Waals surface area (Å²) in [4.78, 5) is 0.0447. The normalized spacial score (nSPS) is 11.7. The summed E-state index contributed by atoms with van der Waals surface area (Å²) in [5.74, 6) is -0.290. The minimum atomic E-state index is -3.34. The van der Waals surface area contributed by atoms with Crippen LogP contribution in [0.2, 0.25) is 0 Å². The molecule has 0 unspecified atom stereocenters. The Morgan fingerprint density at radius 2 is 2.17 bits per heavy atom. The Labute approximate surface area is 109 Å².